The molecule has 4 nitrogen and oxygen atoms in total. The largest absolute Gasteiger partial charge is 0.379 e. The second-order valence-corrected chi connectivity index (χ2v) is 2.33. The monoisotopic (exact) mass is 144 g/mol. The molecule has 5 heteroatoms. The van der Waals surface area contributed by atoms with Crippen LogP contribution in [0.5, 0.6) is 0 Å². The summed E-state index contributed by atoms with van der Waals surface area (Å²) in [5.41, 5.74) is 5.24. The highest BCUT2D eigenvalue weighted by atomic mass is 32.1. The van der Waals surface area contributed by atoms with Gasteiger partial charge in [0, 0.05) is 11.5 Å². The lowest BCUT2D eigenvalue weighted by atomic mass is 10.4. The third-order valence-electron chi connectivity index (χ3n) is 0.765. The van der Waals surface area contributed by atoms with Crippen LogP contribution in [0.2, 0.25) is 0 Å². The molecule has 0 unspecified atom stereocenters. The first-order valence-electron chi connectivity index (χ1n) is 2.32. The molecule has 3 N–H and O–H groups in total. The molecule has 0 aliphatic carbocycles. The van der Waals surface area contributed by atoms with Crippen LogP contribution in [-0.2, 0) is 0 Å². The first kappa shape index (κ1) is 6.44. The summed E-state index contributed by atoms with van der Waals surface area (Å²) in [5, 5.41) is 9.15. The number of aliphatic hydroxyl groups excluding tert-OH is 1. The lowest BCUT2D eigenvalue weighted by Crippen LogP contribution is -1.94. The van der Waals surface area contributed by atoms with Crippen LogP contribution < -0.4 is 5.73 Å². The summed E-state index contributed by atoms with van der Waals surface area (Å²) in [6, 6.07) is 0. The summed E-state index contributed by atoms with van der Waals surface area (Å²) < 4.78 is 3.73. The molecule has 0 bridgehead atoms. The molecule has 0 aliphatic rings. The molecule has 1 heterocycles. The summed E-state index contributed by atoms with van der Waals surface area (Å²) in [5.74, 6) is 0.317. The van der Waals surface area contributed by atoms with E-state index in [4.69, 9.17) is 10.8 Å². The predicted octanol–water partition coefficient (Wildman–Crippen LogP) is 0.393. The van der Waals surface area contributed by atoms with Gasteiger partial charge >= 0.3 is 0 Å². The third kappa shape index (κ3) is 1.36. The van der Waals surface area contributed by atoms with Crippen molar-refractivity contribution in [2.45, 2.75) is 6.92 Å². The number of aromatic nitrogens is 2. The molecule has 1 aromatic heterocycles. The normalized spacial score (nSPS) is 10.6. The standard InChI is InChI=1S/C4H6N3OS/c1-2(8)3-6-4(5)9-7-3/h8H,1H3,(H2,5,6,7). The second-order valence-electron chi connectivity index (χ2n) is 1.54. The van der Waals surface area contributed by atoms with Gasteiger partial charge in [0.25, 0.3) is 0 Å². The Kier molecular flexibility index (Phi) is 1.63. The number of rotatable bonds is 1. The minimum Gasteiger partial charge on any atom is -0.379 e. The molecule has 0 saturated carbocycles. The smallest absolute Gasteiger partial charge is 0.200 e. The minimum absolute atomic E-state index is 0.1000. The number of anilines is 1. The lowest BCUT2D eigenvalue weighted by molar-refractivity contribution is 0.333. The number of nitrogen functional groups attached to an aromatic ring is 1. The molecule has 0 aliphatic heterocycles. The van der Waals surface area contributed by atoms with Gasteiger partial charge in [-0.1, -0.05) is 0 Å². The van der Waals surface area contributed by atoms with Crippen molar-refractivity contribution in [3.8, 4) is 0 Å². The molecule has 1 rings (SSSR count). The highest BCUT2D eigenvalue weighted by Crippen LogP contribution is 2.11. The summed E-state index contributed by atoms with van der Waals surface area (Å²) >= 11 is 1.07. The highest BCUT2D eigenvalue weighted by Gasteiger charge is 2.06. The Bertz CT molecular complexity index is 197. The van der Waals surface area contributed by atoms with Gasteiger partial charge in [-0.3, -0.25) is 0 Å². The van der Waals surface area contributed by atoms with E-state index in [0.29, 0.717) is 11.0 Å². The van der Waals surface area contributed by atoms with E-state index in [0.717, 1.165) is 11.5 Å². The van der Waals surface area contributed by atoms with Gasteiger partial charge in [-0.05, 0) is 6.92 Å². The van der Waals surface area contributed by atoms with E-state index >= 15 is 0 Å². The molecule has 0 amide bonds. The molecule has 0 spiro atoms. The van der Waals surface area contributed by atoms with Gasteiger partial charge in [-0.25, -0.2) is 4.98 Å². The zero-order valence-electron chi connectivity index (χ0n) is 4.83. The van der Waals surface area contributed by atoms with Crippen LogP contribution in [0.25, 0.3) is 0 Å². The van der Waals surface area contributed by atoms with Crippen molar-refractivity contribution < 1.29 is 5.11 Å². The van der Waals surface area contributed by atoms with Gasteiger partial charge < -0.3 is 10.8 Å². The van der Waals surface area contributed by atoms with E-state index < -0.39 is 0 Å². The number of nitrogens with zero attached hydrogens (tertiary/aromatic N) is 2. The van der Waals surface area contributed by atoms with Gasteiger partial charge in [-0.2, -0.15) is 4.37 Å². The molecule has 9 heavy (non-hydrogen) atoms. The van der Waals surface area contributed by atoms with Gasteiger partial charge in [0.15, 0.2) is 17.1 Å². The van der Waals surface area contributed by atoms with Crippen molar-refractivity contribution in [3.63, 3.8) is 0 Å². The maximum absolute atomic E-state index is 8.78. The third-order valence-corrected chi connectivity index (χ3v) is 1.31. The molecule has 0 saturated heterocycles. The fourth-order valence-electron chi connectivity index (χ4n) is 0.382. The molecule has 1 aromatic rings. The molecular formula is C4H6N3OS. The average molecular weight is 144 g/mol. The number of aliphatic hydroxyl groups is 1. The zero-order valence-corrected chi connectivity index (χ0v) is 5.64. The van der Waals surface area contributed by atoms with Crippen LogP contribution in [0.4, 0.5) is 5.13 Å². The molecule has 49 valence electrons. The van der Waals surface area contributed by atoms with Crippen molar-refractivity contribution in [2.24, 2.45) is 0 Å². The minimum atomic E-state index is 0.1000. The van der Waals surface area contributed by atoms with Crippen LogP contribution in [0.3, 0.4) is 0 Å². The average Bonchev–Trinajstić information content (AvgIpc) is 2.14. The van der Waals surface area contributed by atoms with E-state index in [1.54, 1.807) is 0 Å². The fraction of sp³-hybridized carbons (Fsp3) is 0.250. The van der Waals surface area contributed by atoms with Crippen LogP contribution in [0, 0.1) is 6.10 Å². The van der Waals surface area contributed by atoms with Crippen LogP contribution in [-0.4, -0.2) is 14.5 Å². The first-order chi connectivity index (χ1) is 4.20. The van der Waals surface area contributed by atoms with E-state index in [9.17, 15) is 0 Å². The number of nitrogens with two attached hydrogens (primary N) is 1. The maximum Gasteiger partial charge on any atom is 0.200 e. The predicted molar refractivity (Wildman–Crippen MR) is 34.3 cm³/mol. The van der Waals surface area contributed by atoms with Crippen molar-refractivity contribution in [3.05, 3.63) is 11.9 Å². The van der Waals surface area contributed by atoms with Crippen LogP contribution in [0.1, 0.15) is 12.7 Å². The molecular weight excluding hydrogens is 138 g/mol. The molecule has 0 aromatic carbocycles. The van der Waals surface area contributed by atoms with Gasteiger partial charge in [0.05, 0.1) is 0 Å². The van der Waals surface area contributed by atoms with Crippen LogP contribution >= 0.6 is 11.5 Å². The van der Waals surface area contributed by atoms with Crippen molar-refractivity contribution in [2.75, 3.05) is 5.73 Å². The highest BCUT2D eigenvalue weighted by molar-refractivity contribution is 7.09. The zero-order chi connectivity index (χ0) is 6.85. The molecule has 0 atom stereocenters. The van der Waals surface area contributed by atoms with E-state index in [1.807, 2.05) is 0 Å². The molecule has 1 radical (unpaired) electrons. The van der Waals surface area contributed by atoms with Gasteiger partial charge in [0.2, 0.25) is 0 Å². The quantitative estimate of drug-likeness (QED) is 0.598. The van der Waals surface area contributed by atoms with E-state index in [1.165, 1.54) is 6.92 Å². The van der Waals surface area contributed by atoms with Crippen LogP contribution in [0.15, 0.2) is 0 Å². The summed E-state index contributed by atoms with van der Waals surface area (Å²) in [6.45, 7) is 1.52. The summed E-state index contributed by atoms with van der Waals surface area (Å²) in [4.78, 5) is 3.71. The first-order valence-corrected chi connectivity index (χ1v) is 3.09. The van der Waals surface area contributed by atoms with Crippen molar-refractivity contribution in [1.82, 2.24) is 9.36 Å². The Balaban J connectivity index is 2.85. The topological polar surface area (TPSA) is 72.0 Å². The second kappa shape index (κ2) is 2.28. The Morgan fingerprint density at radius 3 is 2.67 bits per heavy atom. The van der Waals surface area contributed by atoms with Crippen molar-refractivity contribution in [1.29, 1.82) is 0 Å². The van der Waals surface area contributed by atoms with Crippen molar-refractivity contribution >= 4 is 16.7 Å². The number of hydrogen-bond acceptors (Lipinski definition) is 5. The summed E-state index contributed by atoms with van der Waals surface area (Å²) in [6.07, 6.45) is 0.1000. The molecule has 0 fully saturated rings. The Morgan fingerprint density at radius 1 is 1.78 bits per heavy atom. The van der Waals surface area contributed by atoms with Gasteiger partial charge in [0.1, 0.15) is 0 Å². The maximum atomic E-state index is 8.78. The summed E-state index contributed by atoms with van der Waals surface area (Å²) in [7, 11) is 0. The Hall–Kier alpha value is -0.680. The Labute approximate surface area is 56.5 Å². The SMILES string of the molecule is C[C](O)c1nsc(N)n1. The number of hydrogen-bond donors (Lipinski definition) is 2. The Morgan fingerprint density at radius 2 is 2.44 bits per heavy atom. The van der Waals surface area contributed by atoms with E-state index in [-0.39, 0.29) is 6.10 Å². The lowest BCUT2D eigenvalue weighted by Gasteiger charge is -1.90. The fourth-order valence-corrected chi connectivity index (χ4v) is 0.862. The van der Waals surface area contributed by atoms with Gasteiger partial charge in [-0.15, -0.1) is 0 Å². The van der Waals surface area contributed by atoms with E-state index in [2.05, 4.69) is 9.36 Å².